The molecule has 4 rings (SSSR count). The zero-order valence-electron chi connectivity index (χ0n) is 13.7. The monoisotopic (exact) mass is 393 g/mol. The molecule has 7 nitrogen and oxygen atoms in total. The summed E-state index contributed by atoms with van der Waals surface area (Å²) in [7, 11) is -3.85. The second kappa shape index (κ2) is 6.75. The minimum atomic E-state index is -3.85. The SMILES string of the molecule is N#Cc1ccc(-c2cnccc2NS(=O)(=O)c2nncs2)c2ccccc12. The van der Waals surface area contributed by atoms with Gasteiger partial charge in [0.05, 0.1) is 17.3 Å². The average Bonchev–Trinajstić information content (AvgIpc) is 3.23. The second-order valence-corrected chi connectivity index (χ2v) is 8.24. The van der Waals surface area contributed by atoms with Crippen LogP contribution in [0.5, 0.6) is 0 Å². The first-order chi connectivity index (χ1) is 13.1. The molecular formula is C18H11N5O2S2. The number of nitriles is 1. The molecule has 0 aliphatic carbocycles. The van der Waals surface area contributed by atoms with Crippen LogP contribution in [0.15, 0.2) is 64.7 Å². The van der Waals surface area contributed by atoms with E-state index >= 15 is 0 Å². The minimum absolute atomic E-state index is 0.116. The summed E-state index contributed by atoms with van der Waals surface area (Å²) in [5.74, 6) is 0. The van der Waals surface area contributed by atoms with Gasteiger partial charge in [0.15, 0.2) is 0 Å². The normalized spacial score (nSPS) is 11.2. The Morgan fingerprint density at radius 2 is 1.85 bits per heavy atom. The van der Waals surface area contributed by atoms with Crippen LogP contribution in [0.25, 0.3) is 21.9 Å². The second-order valence-electron chi connectivity index (χ2n) is 5.55. The Labute approximate surface area is 159 Å². The molecular weight excluding hydrogens is 382 g/mol. The number of aromatic nitrogens is 3. The third-order valence-electron chi connectivity index (χ3n) is 3.97. The molecule has 9 heteroatoms. The number of pyridine rings is 1. The predicted octanol–water partition coefficient (Wildman–Crippen LogP) is 3.43. The number of benzene rings is 2. The predicted molar refractivity (Wildman–Crippen MR) is 103 cm³/mol. The molecule has 0 amide bonds. The van der Waals surface area contributed by atoms with Gasteiger partial charge in [-0.05, 0) is 23.1 Å². The Morgan fingerprint density at radius 1 is 1.04 bits per heavy atom. The molecule has 0 saturated carbocycles. The van der Waals surface area contributed by atoms with Gasteiger partial charge in [-0.1, -0.05) is 41.7 Å². The Kier molecular flexibility index (Phi) is 4.27. The van der Waals surface area contributed by atoms with Crippen molar-refractivity contribution in [2.45, 2.75) is 4.34 Å². The molecule has 0 saturated heterocycles. The quantitative estimate of drug-likeness (QED) is 0.569. The van der Waals surface area contributed by atoms with Crippen molar-refractivity contribution in [3.05, 3.63) is 65.9 Å². The summed E-state index contributed by atoms with van der Waals surface area (Å²) < 4.78 is 27.5. The highest BCUT2D eigenvalue weighted by Gasteiger charge is 2.20. The molecule has 0 aliphatic heterocycles. The summed E-state index contributed by atoms with van der Waals surface area (Å²) in [6, 6.07) is 14.7. The van der Waals surface area contributed by atoms with Crippen LogP contribution in [0.2, 0.25) is 0 Å². The van der Waals surface area contributed by atoms with Gasteiger partial charge < -0.3 is 0 Å². The van der Waals surface area contributed by atoms with E-state index in [1.165, 1.54) is 11.7 Å². The number of rotatable bonds is 4. The highest BCUT2D eigenvalue weighted by Crippen LogP contribution is 2.35. The maximum atomic E-state index is 12.5. The Balaban J connectivity index is 1.88. The van der Waals surface area contributed by atoms with Crippen LogP contribution in [0.3, 0.4) is 0 Å². The molecule has 0 radical (unpaired) electrons. The average molecular weight is 393 g/mol. The Hall–Kier alpha value is -3.35. The number of nitrogens with zero attached hydrogens (tertiary/aromatic N) is 4. The number of nitrogens with one attached hydrogen (secondary N) is 1. The van der Waals surface area contributed by atoms with Crippen LogP contribution in [-0.4, -0.2) is 23.6 Å². The maximum absolute atomic E-state index is 12.5. The first kappa shape index (κ1) is 17.1. The maximum Gasteiger partial charge on any atom is 0.291 e. The van der Waals surface area contributed by atoms with Gasteiger partial charge in [0, 0.05) is 23.3 Å². The summed E-state index contributed by atoms with van der Waals surface area (Å²) in [4.78, 5) is 4.14. The van der Waals surface area contributed by atoms with Crippen LogP contribution < -0.4 is 4.72 Å². The van der Waals surface area contributed by atoms with E-state index < -0.39 is 10.0 Å². The number of hydrogen-bond acceptors (Lipinski definition) is 7. The van der Waals surface area contributed by atoms with E-state index in [9.17, 15) is 13.7 Å². The summed E-state index contributed by atoms with van der Waals surface area (Å²) >= 11 is 0.934. The number of hydrogen-bond donors (Lipinski definition) is 1. The molecule has 4 aromatic rings. The molecule has 132 valence electrons. The topological polar surface area (TPSA) is 109 Å². The van der Waals surface area contributed by atoms with Crippen molar-refractivity contribution >= 4 is 37.8 Å². The van der Waals surface area contributed by atoms with Crippen molar-refractivity contribution < 1.29 is 8.42 Å². The Morgan fingerprint density at radius 3 is 2.59 bits per heavy atom. The van der Waals surface area contributed by atoms with Gasteiger partial charge in [-0.3, -0.25) is 9.71 Å². The van der Waals surface area contributed by atoms with Gasteiger partial charge in [0.1, 0.15) is 5.51 Å². The van der Waals surface area contributed by atoms with Gasteiger partial charge >= 0.3 is 0 Å². The molecule has 2 aromatic heterocycles. The third-order valence-corrected chi connectivity index (χ3v) is 6.43. The molecule has 0 spiro atoms. The summed E-state index contributed by atoms with van der Waals surface area (Å²) in [5, 5.41) is 18.2. The van der Waals surface area contributed by atoms with E-state index in [1.54, 1.807) is 24.4 Å². The lowest BCUT2D eigenvalue weighted by Gasteiger charge is -2.13. The van der Waals surface area contributed by atoms with Crippen molar-refractivity contribution in [2.75, 3.05) is 4.72 Å². The van der Waals surface area contributed by atoms with E-state index in [-0.39, 0.29) is 4.34 Å². The van der Waals surface area contributed by atoms with Gasteiger partial charge in [-0.15, -0.1) is 10.2 Å². The molecule has 2 heterocycles. The fourth-order valence-corrected chi connectivity index (χ4v) is 4.55. The first-order valence-corrected chi connectivity index (χ1v) is 10.1. The lowest BCUT2D eigenvalue weighted by atomic mass is 9.95. The number of fused-ring (bicyclic) bond motifs is 1. The van der Waals surface area contributed by atoms with Crippen LogP contribution in [0, 0.1) is 11.3 Å². The largest absolute Gasteiger partial charge is 0.291 e. The molecule has 0 aliphatic rings. The van der Waals surface area contributed by atoms with E-state index in [1.807, 2.05) is 24.3 Å². The molecule has 0 fully saturated rings. The number of sulfonamides is 1. The van der Waals surface area contributed by atoms with E-state index in [0.717, 1.165) is 27.7 Å². The van der Waals surface area contributed by atoms with Crippen LogP contribution in [0.1, 0.15) is 5.56 Å². The highest BCUT2D eigenvalue weighted by atomic mass is 32.2. The van der Waals surface area contributed by atoms with E-state index in [4.69, 9.17) is 0 Å². The fourth-order valence-electron chi connectivity index (χ4n) is 2.80. The lowest BCUT2D eigenvalue weighted by molar-refractivity contribution is 0.599. The van der Waals surface area contributed by atoms with Crippen LogP contribution in [-0.2, 0) is 10.0 Å². The smallest absolute Gasteiger partial charge is 0.277 e. The van der Waals surface area contributed by atoms with Crippen LogP contribution >= 0.6 is 11.3 Å². The van der Waals surface area contributed by atoms with Crippen LogP contribution in [0.4, 0.5) is 5.69 Å². The highest BCUT2D eigenvalue weighted by molar-refractivity contribution is 7.94. The van der Waals surface area contributed by atoms with Gasteiger partial charge in [0.25, 0.3) is 14.4 Å². The lowest BCUT2D eigenvalue weighted by Crippen LogP contribution is -2.13. The third kappa shape index (κ3) is 3.12. The fraction of sp³-hybridized carbons (Fsp3) is 0. The van der Waals surface area contributed by atoms with Crippen molar-refractivity contribution in [2.24, 2.45) is 0 Å². The number of anilines is 1. The van der Waals surface area contributed by atoms with E-state index in [2.05, 4.69) is 26.0 Å². The van der Waals surface area contributed by atoms with Gasteiger partial charge in [-0.2, -0.15) is 13.7 Å². The first-order valence-electron chi connectivity index (χ1n) is 7.75. The summed E-state index contributed by atoms with van der Waals surface area (Å²) in [5.41, 5.74) is 3.65. The Bertz CT molecular complexity index is 1280. The van der Waals surface area contributed by atoms with Gasteiger partial charge in [0.2, 0.25) is 0 Å². The van der Waals surface area contributed by atoms with Crippen molar-refractivity contribution in [1.82, 2.24) is 15.2 Å². The minimum Gasteiger partial charge on any atom is -0.277 e. The standard InChI is InChI=1S/C18H11N5O2S2/c19-9-12-5-6-15(14-4-2-1-3-13(12)14)16-10-20-8-7-17(16)23-27(24,25)18-22-21-11-26-18/h1-8,10-11H,(H,20,23). The molecule has 0 bridgehead atoms. The van der Waals surface area contributed by atoms with Crippen molar-refractivity contribution in [3.63, 3.8) is 0 Å². The molecule has 27 heavy (non-hydrogen) atoms. The molecule has 0 atom stereocenters. The summed E-state index contributed by atoms with van der Waals surface area (Å²) in [6.45, 7) is 0. The summed E-state index contributed by atoms with van der Waals surface area (Å²) in [6.07, 6.45) is 3.10. The van der Waals surface area contributed by atoms with Crippen molar-refractivity contribution in [1.29, 1.82) is 5.26 Å². The van der Waals surface area contributed by atoms with Gasteiger partial charge in [-0.25, -0.2) is 0 Å². The molecule has 0 unspecified atom stereocenters. The molecule has 2 aromatic carbocycles. The zero-order valence-corrected chi connectivity index (χ0v) is 15.3. The van der Waals surface area contributed by atoms with E-state index in [0.29, 0.717) is 16.8 Å². The molecule has 1 N–H and O–H groups in total. The zero-order chi connectivity index (χ0) is 18.9. The van der Waals surface area contributed by atoms with Crippen molar-refractivity contribution in [3.8, 4) is 17.2 Å².